The van der Waals surface area contributed by atoms with Gasteiger partial charge in [-0.2, -0.15) is 0 Å². The lowest BCUT2D eigenvalue weighted by Gasteiger charge is -2.05. The van der Waals surface area contributed by atoms with Crippen molar-refractivity contribution < 1.29 is 19.1 Å². The van der Waals surface area contributed by atoms with Crippen molar-refractivity contribution in [3.05, 3.63) is 59.4 Å². The molecule has 1 aromatic carbocycles. The first-order chi connectivity index (χ1) is 12.5. The first kappa shape index (κ1) is 19.7. The van der Waals surface area contributed by atoms with Gasteiger partial charge in [0.15, 0.2) is 6.61 Å². The van der Waals surface area contributed by atoms with Gasteiger partial charge >= 0.3 is 0 Å². The molecule has 0 radical (unpaired) electrons. The lowest BCUT2D eigenvalue weighted by molar-refractivity contribution is -0.117. The van der Waals surface area contributed by atoms with Crippen molar-refractivity contribution in [2.75, 3.05) is 12.4 Å². The Hall–Kier alpha value is -2.67. The van der Waals surface area contributed by atoms with Crippen molar-refractivity contribution >= 4 is 28.7 Å². The van der Waals surface area contributed by atoms with Gasteiger partial charge < -0.3 is 4.74 Å². The summed E-state index contributed by atoms with van der Waals surface area (Å²) in [5, 5.41) is 1.87. The van der Waals surface area contributed by atoms with E-state index in [9.17, 15) is 14.4 Å². The normalized spacial score (nSPS) is 12.8. The van der Waals surface area contributed by atoms with Crippen molar-refractivity contribution in [2.45, 2.75) is 20.3 Å². The number of aryl methyl sites for hydroxylation is 2. The summed E-state index contributed by atoms with van der Waals surface area (Å²) in [6.07, 6.45) is 2.65. The van der Waals surface area contributed by atoms with Gasteiger partial charge in [-0.15, -0.1) is 0 Å². The van der Waals surface area contributed by atoms with Crippen molar-refractivity contribution in [1.82, 2.24) is 10.3 Å². The van der Waals surface area contributed by atoms with Crippen LogP contribution in [0.5, 0.6) is 5.75 Å². The number of carbonyl (C=O) groups is 3. The van der Waals surface area contributed by atoms with E-state index in [0.29, 0.717) is 17.2 Å². The molecule has 3 rings (SSSR count). The Bertz CT molecular complexity index is 759. The van der Waals surface area contributed by atoms with Crippen LogP contribution in [0.3, 0.4) is 0 Å². The van der Waals surface area contributed by atoms with Gasteiger partial charge in [0.1, 0.15) is 11.4 Å². The number of nitrogens with one attached hydrogen (secondary N) is 1. The van der Waals surface area contributed by atoms with Crippen LogP contribution in [-0.4, -0.2) is 34.3 Å². The van der Waals surface area contributed by atoms with Crippen molar-refractivity contribution in [2.24, 2.45) is 0 Å². The van der Waals surface area contributed by atoms with Crippen LogP contribution in [0.2, 0.25) is 0 Å². The van der Waals surface area contributed by atoms with Crippen LogP contribution < -0.4 is 10.1 Å². The third-order valence-electron chi connectivity index (χ3n) is 3.49. The Balaban J connectivity index is 0.000000290. The number of ether oxygens (including phenoxy) is 1. The van der Waals surface area contributed by atoms with E-state index in [1.807, 2.05) is 37.3 Å². The maximum atomic E-state index is 11.9. The number of benzene rings is 1. The maximum absolute atomic E-state index is 11.9. The fourth-order valence-corrected chi connectivity index (χ4v) is 2.49. The topological polar surface area (TPSA) is 85.4 Å². The fourth-order valence-electron chi connectivity index (χ4n) is 1.97. The van der Waals surface area contributed by atoms with E-state index in [-0.39, 0.29) is 23.5 Å². The summed E-state index contributed by atoms with van der Waals surface area (Å²) >= 11 is 1.01. The largest absolute Gasteiger partial charge is 0.485 e. The number of carbonyl (C=O) groups excluding carboxylic acids is 3. The number of hydrogen-bond donors (Lipinski definition) is 1. The van der Waals surface area contributed by atoms with Crippen molar-refractivity contribution in [1.29, 1.82) is 0 Å². The third kappa shape index (κ3) is 6.33. The SMILES string of the molecule is CCc1ccc(C(=O)COc2ccc(C)cc2)nc1.O=C1CSC(=O)N1. The highest BCUT2D eigenvalue weighted by Gasteiger charge is 2.16. The monoisotopic (exact) mass is 372 g/mol. The van der Waals surface area contributed by atoms with Crippen LogP contribution in [-0.2, 0) is 11.2 Å². The molecule has 2 heterocycles. The second-order valence-corrected chi connectivity index (χ2v) is 6.50. The molecular weight excluding hydrogens is 352 g/mol. The Morgan fingerprint density at radius 1 is 1.19 bits per heavy atom. The minimum absolute atomic E-state index is 0.0154. The summed E-state index contributed by atoms with van der Waals surface area (Å²) in [5.41, 5.74) is 2.73. The molecule has 6 nitrogen and oxygen atoms in total. The number of amides is 2. The minimum Gasteiger partial charge on any atom is -0.485 e. The predicted octanol–water partition coefficient (Wildman–Crippen LogP) is 3.18. The van der Waals surface area contributed by atoms with Gasteiger partial charge in [0.05, 0.1) is 5.75 Å². The summed E-state index contributed by atoms with van der Waals surface area (Å²) in [6.45, 7) is 4.08. The second kappa shape index (κ2) is 9.72. The zero-order chi connectivity index (χ0) is 18.9. The van der Waals surface area contributed by atoms with Gasteiger partial charge in [-0.1, -0.05) is 42.4 Å². The average molecular weight is 372 g/mol. The molecule has 26 heavy (non-hydrogen) atoms. The molecule has 1 aliphatic heterocycles. The molecule has 1 saturated heterocycles. The van der Waals surface area contributed by atoms with Crippen LogP contribution in [0.15, 0.2) is 42.6 Å². The number of ketones is 1. The standard InChI is InChI=1S/C16H17NO2.C3H3NO2S/c1-3-13-6-9-15(17-10-13)16(18)11-19-14-7-4-12(2)5-8-14;5-2-1-7-3(6)4-2/h4-10H,3,11H2,1-2H3;1H2,(H,4,5,6). The maximum Gasteiger partial charge on any atom is 0.286 e. The number of rotatable bonds is 5. The molecule has 0 bridgehead atoms. The summed E-state index contributed by atoms with van der Waals surface area (Å²) in [6, 6.07) is 11.3. The summed E-state index contributed by atoms with van der Waals surface area (Å²) in [4.78, 5) is 36.2. The van der Waals surface area contributed by atoms with Gasteiger partial charge in [-0.05, 0) is 37.1 Å². The molecule has 136 valence electrons. The van der Waals surface area contributed by atoms with E-state index in [1.54, 1.807) is 12.3 Å². The molecule has 0 aliphatic carbocycles. The van der Waals surface area contributed by atoms with E-state index in [2.05, 4.69) is 17.2 Å². The van der Waals surface area contributed by atoms with Crippen molar-refractivity contribution in [3.63, 3.8) is 0 Å². The highest BCUT2D eigenvalue weighted by atomic mass is 32.2. The van der Waals surface area contributed by atoms with Crippen LogP contribution in [0.4, 0.5) is 4.79 Å². The lowest BCUT2D eigenvalue weighted by Crippen LogP contribution is -2.18. The van der Waals surface area contributed by atoms with Crippen LogP contribution in [0.1, 0.15) is 28.5 Å². The van der Waals surface area contributed by atoms with E-state index in [4.69, 9.17) is 4.74 Å². The molecule has 1 aliphatic rings. The van der Waals surface area contributed by atoms with E-state index in [1.165, 1.54) is 0 Å². The van der Waals surface area contributed by atoms with Gasteiger partial charge in [-0.3, -0.25) is 24.7 Å². The molecule has 1 aromatic heterocycles. The lowest BCUT2D eigenvalue weighted by atomic mass is 10.2. The Labute approximate surface area is 156 Å². The van der Waals surface area contributed by atoms with Gasteiger partial charge in [0, 0.05) is 6.20 Å². The number of aromatic nitrogens is 1. The molecule has 0 unspecified atom stereocenters. The summed E-state index contributed by atoms with van der Waals surface area (Å²) in [5.74, 6) is 0.695. The zero-order valence-corrected chi connectivity index (χ0v) is 15.5. The average Bonchev–Trinajstić information content (AvgIpc) is 3.04. The molecule has 0 saturated carbocycles. The number of pyridine rings is 1. The molecule has 0 atom stereocenters. The van der Waals surface area contributed by atoms with E-state index >= 15 is 0 Å². The van der Waals surface area contributed by atoms with Crippen LogP contribution >= 0.6 is 11.8 Å². The molecule has 0 spiro atoms. The summed E-state index contributed by atoms with van der Waals surface area (Å²) in [7, 11) is 0. The quantitative estimate of drug-likeness (QED) is 0.812. The molecular formula is C19H20N2O4S. The third-order valence-corrected chi connectivity index (χ3v) is 4.26. The molecule has 7 heteroatoms. The number of imide groups is 1. The minimum atomic E-state index is -0.231. The fraction of sp³-hybridized carbons (Fsp3) is 0.263. The molecule has 2 amide bonds. The van der Waals surface area contributed by atoms with Gasteiger partial charge in [0.2, 0.25) is 11.7 Å². The summed E-state index contributed by atoms with van der Waals surface area (Å²) < 4.78 is 5.44. The van der Waals surface area contributed by atoms with Crippen LogP contribution in [0.25, 0.3) is 0 Å². The number of nitrogens with zero attached hydrogens (tertiary/aromatic N) is 1. The number of hydrogen-bond acceptors (Lipinski definition) is 6. The highest BCUT2D eigenvalue weighted by molar-refractivity contribution is 8.14. The zero-order valence-electron chi connectivity index (χ0n) is 14.7. The Kier molecular flexibility index (Phi) is 7.35. The van der Waals surface area contributed by atoms with Crippen molar-refractivity contribution in [3.8, 4) is 5.75 Å². The molecule has 2 aromatic rings. The van der Waals surface area contributed by atoms with E-state index < -0.39 is 0 Å². The Morgan fingerprint density at radius 3 is 2.38 bits per heavy atom. The van der Waals surface area contributed by atoms with Gasteiger partial charge in [-0.25, -0.2) is 0 Å². The van der Waals surface area contributed by atoms with Gasteiger partial charge in [0.25, 0.3) is 5.24 Å². The number of Topliss-reactive ketones (excluding diaryl/α,β-unsaturated/α-hetero) is 1. The Morgan fingerprint density at radius 2 is 1.92 bits per heavy atom. The number of thioether (sulfide) groups is 1. The first-order valence-electron chi connectivity index (χ1n) is 8.12. The first-order valence-corrected chi connectivity index (χ1v) is 9.10. The molecule has 1 N–H and O–H groups in total. The second-order valence-electron chi connectivity index (χ2n) is 5.55. The highest BCUT2D eigenvalue weighted by Crippen LogP contribution is 2.12. The van der Waals surface area contributed by atoms with E-state index in [0.717, 1.165) is 29.3 Å². The van der Waals surface area contributed by atoms with Crippen LogP contribution in [0, 0.1) is 6.92 Å². The molecule has 1 fully saturated rings. The predicted molar refractivity (Wildman–Crippen MR) is 101 cm³/mol. The smallest absolute Gasteiger partial charge is 0.286 e.